The van der Waals surface area contributed by atoms with Gasteiger partial charge in [0.1, 0.15) is 0 Å². The quantitative estimate of drug-likeness (QED) is 0.163. The average molecular weight is 337 g/mol. The molecule has 0 saturated heterocycles. The first kappa shape index (κ1) is 23.7. The molecule has 0 saturated carbocycles. The highest BCUT2D eigenvalue weighted by atomic mass is 14.1. The van der Waals surface area contributed by atoms with Crippen LogP contribution in [-0.2, 0) is 0 Å². The summed E-state index contributed by atoms with van der Waals surface area (Å²) in [4.78, 5) is 0. The molecule has 1 unspecified atom stereocenters. The van der Waals surface area contributed by atoms with Crippen molar-refractivity contribution >= 4 is 0 Å². The molecule has 144 valence electrons. The lowest BCUT2D eigenvalue weighted by atomic mass is 9.91. The van der Waals surface area contributed by atoms with Crippen LogP contribution in [0.15, 0.2) is 12.2 Å². The van der Waals surface area contributed by atoms with E-state index in [-0.39, 0.29) is 0 Å². The maximum absolute atomic E-state index is 2.45. The van der Waals surface area contributed by atoms with E-state index in [0.29, 0.717) is 0 Å². The van der Waals surface area contributed by atoms with Crippen molar-refractivity contribution in [1.82, 2.24) is 0 Å². The van der Waals surface area contributed by atoms with Gasteiger partial charge in [0, 0.05) is 0 Å². The standard InChI is InChI=1S/C24H48/c1-4-7-9-11-13-14-15-16-18-20-23-24(21-6-3)22-19-17-12-10-8-5-2/h15-16,24H,4-14,17-23H2,1-3H3. The van der Waals surface area contributed by atoms with E-state index in [2.05, 4.69) is 32.9 Å². The molecule has 0 aliphatic rings. The zero-order valence-corrected chi connectivity index (χ0v) is 17.5. The van der Waals surface area contributed by atoms with Gasteiger partial charge in [0.15, 0.2) is 0 Å². The highest BCUT2D eigenvalue weighted by Crippen LogP contribution is 2.22. The van der Waals surface area contributed by atoms with Crippen molar-refractivity contribution < 1.29 is 0 Å². The van der Waals surface area contributed by atoms with E-state index in [1.54, 1.807) is 0 Å². The molecular weight excluding hydrogens is 288 g/mol. The van der Waals surface area contributed by atoms with E-state index in [9.17, 15) is 0 Å². The first-order valence-corrected chi connectivity index (χ1v) is 11.5. The zero-order valence-electron chi connectivity index (χ0n) is 17.5. The molecular formula is C24H48. The van der Waals surface area contributed by atoms with Crippen LogP contribution >= 0.6 is 0 Å². The van der Waals surface area contributed by atoms with Crippen LogP contribution in [0.4, 0.5) is 0 Å². The van der Waals surface area contributed by atoms with Crippen molar-refractivity contribution in [2.75, 3.05) is 0 Å². The molecule has 0 aromatic carbocycles. The molecule has 0 nitrogen and oxygen atoms in total. The second-order valence-corrected chi connectivity index (χ2v) is 7.82. The predicted molar refractivity (Wildman–Crippen MR) is 113 cm³/mol. The molecule has 0 heterocycles. The van der Waals surface area contributed by atoms with Gasteiger partial charge in [-0.05, 0) is 31.6 Å². The van der Waals surface area contributed by atoms with Gasteiger partial charge in [0.05, 0.1) is 0 Å². The molecule has 0 rings (SSSR count). The molecule has 0 spiro atoms. The third kappa shape index (κ3) is 18.1. The summed E-state index contributed by atoms with van der Waals surface area (Å²) in [6.45, 7) is 6.95. The van der Waals surface area contributed by atoms with E-state index in [0.717, 1.165) is 5.92 Å². The van der Waals surface area contributed by atoms with E-state index in [1.807, 2.05) is 0 Å². The minimum absolute atomic E-state index is 1.00. The topological polar surface area (TPSA) is 0 Å². The summed E-state index contributed by atoms with van der Waals surface area (Å²) in [5, 5.41) is 0. The Morgan fingerprint density at radius 2 is 0.958 bits per heavy atom. The van der Waals surface area contributed by atoms with Crippen LogP contribution in [0.5, 0.6) is 0 Å². The van der Waals surface area contributed by atoms with Gasteiger partial charge in [-0.2, -0.15) is 0 Å². The Kier molecular flexibility index (Phi) is 20.6. The van der Waals surface area contributed by atoms with Gasteiger partial charge >= 0.3 is 0 Å². The third-order valence-electron chi connectivity index (χ3n) is 5.29. The molecule has 0 fully saturated rings. The van der Waals surface area contributed by atoms with Crippen molar-refractivity contribution in [2.24, 2.45) is 5.92 Å². The minimum atomic E-state index is 1.00. The fourth-order valence-electron chi connectivity index (χ4n) is 3.68. The fourth-order valence-corrected chi connectivity index (χ4v) is 3.68. The van der Waals surface area contributed by atoms with Gasteiger partial charge in [0.2, 0.25) is 0 Å². The summed E-state index contributed by atoms with van der Waals surface area (Å²) >= 11 is 0. The van der Waals surface area contributed by atoms with Gasteiger partial charge in [-0.3, -0.25) is 0 Å². The minimum Gasteiger partial charge on any atom is -0.0885 e. The van der Waals surface area contributed by atoms with Gasteiger partial charge in [-0.15, -0.1) is 0 Å². The number of hydrogen-bond acceptors (Lipinski definition) is 0. The van der Waals surface area contributed by atoms with Crippen LogP contribution in [0.2, 0.25) is 0 Å². The van der Waals surface area contributed by atoms with Crippen molar-refractivity contribution in [1.29, 1.82) is 0 Å². The van der Waals surface area contributed by atoms with E-state index >= 15 is 0 Å². The Bertz CT molecular complexity index is 240. The average Bonchev–Trinajstić information content (AvgIpc) is 2.59. The number of allylic oxidation sites excluding steroid dienone is 2. The lowest BCUT2D eigenvalue weighted by Crippen LogP contribution is -2.00. The second-order valence-electron chi connectivity index (χ2n) is 7.82. The van der Waals surface area contributed by atoms with Crippen LogP contribution < -0.4 is 0 Å². The van der Waals surface area contributed by atoms with Crippen LogP contribution in [0.25, 0.3) is 0 Å². The SMILES string of the molecule is CCCCCCCC=CCCCC(CCC)CCCCCCCC. The molecule has 0 amide bonds. The summed E-state index contributed by atoms with van der Waals surface area (Å²) in [7, 11) is 0. The molecule has 0 heteroatoms. The monoisotopic (exact) mass is 336 g/mol. The van der Waals surface area contributed by atoms with Crippen molar-refractivity contribution in [3.8, 4) is 0 Å². The first-order valence-electron chi connectivity index (χ1n) is 11.5. The van der Waals surface area contributed by atoms with E-state index in [1.165, 1.54) is 116 Å². The summed E-state index contributed by atoms with van der Waals surface area (Å²) in [6, 6.07) is 0. The van der Waals surface area contributed by atoms with Gasteiger partial charge in [-0.25, -0.2) is 0 Å². The maximum atomic E-state index is 2.45. The van der Waals surface area contributed by atoms with Crippen LogP contribution in [0.3, 0.4) is 0 Å². The predicted octanol–water partition coefficient (Wildman–Crippen LogP) is 9.24. The first-order chi connectivity index (χ1) is 11.8. The smallest absolute Gasteiger partial charge is 0.0351 e. The van der Waals surface area contributed by atoms with Crippen molar-refractivity contribution in [3.63, 3.8) is 0 Å². The Morgan fingerprint density at radius 1 is 0.458 bits per heavy atom. The van der Waals surface area contributed by atoms with E-state index in [4.69, 9.17) is 0 Å². The second kappa shape index (κ2) is 20.8. The molecule has 0 aromatic heterocycles. The highest BCUT2D eigenvalue weighted by molar-refractivity contribution is 4.81. The molecule has 0 aliphatic carbocycles. The van der Waals surface area contributed by atoms with Crippen molar-refractivity contribution in [2.45, 2.75) is 136 Å². The highest BCUT2D eigenvalue weighted by Gasteiger charge is 2.06. The Morgan fingerprint density at radius 3 is 1.58 bits per heavy atom. The molecule has 0 aromatic rings. The number of rotatable bonds is 19. The lowest BCUT2D eigenvalue weighted by molar-refractivity contribution is 0.386. The summed E-state index contributed by atoms with van der Waals surface area (Å²) in [5.41, 5.74) is 0. The normalized spacial score (nSPS) is 13.0. The summed E-state index contributed by atoms with van der Waals surface area (Å²) in [6.07, 6.45) is 30.4. The molecule has 0 radical (unpaired) electrons. The summed E-state index contributed by atoms with van der Waals surface area (Å²) < 4.78 is 0. The molecule has 0 bridgehead atoms. The number of hydrogen-bond donors (Lipinski definition) is 0. The fraction of sp³-hybridized carbons (Fsp3) is 0.917. The third-order valence-corrected chi connectivity index (χ3v) is 5.29. The Hall–Kier alpha value is -0.260. The Balaban J connectivity index is 3.52. The van der Waals surface area contributed by atoms with Crippen molar-refractivity contribution in [3.05, 3.63) is 12.2 Å². The molecule has 0 aliphatic heterocycles. The van der Waals surface area contributed by atoms with Gasteiger partial charge in [-0.1, -0.05) is 123 Å². The lowest BCUT2D eigenvalue weighted by Gasteiger charge is -2.15. The zero-order chi connectivity index (χ0) is 17.7. The van der Waals surface area contributed by atoms with Gasteiger partial charge < -0.3 is 0 Å². The van der Waals surface area contributed by atoms with E-state index < -0.39 is 0 Å². The molecule has 0 N–H and O–H groups in total. The van der Waals surface area contributed by atoms with Crippen LogP contribution in [0.1, 0.15) is 136 Å². The largest absolute Gasteiger partial charge is 0.0885 e. The number of unbranched alkanes of at least 4 members (excludes halogenated alkanes) is 11. The molecule has 24 heavy (non-hydrogen) atoms. The molecule has 1 atom stereocenters. The maximum Gasteiger partial charge on any atom is -0.0351 e. The Labute approximate surface area is 154 Å². The van der Waals surface area contributed by atoms with Gasteiger partial charge in [0.25, 0.3) is 0 Å². The summed E-state index contributed by atoms with van der Waals surface area (Å²) in [5.74, 6) is 1.00. The van der Waals surface area contributed by atoms with Crippen LogP contribution in [0, 0.1) is 5.92 Å². The van der Waals surface area contributed by atoms with Crippen LogP contribution in [-0.4, -0.2) is 0 Å².